The molecule has 4 rings (SSSR count). The third-order valence-corrected chi connectivity index (χ3v) is 3.70. The topological polar surface area (TPSA) is 46.3 Å². The van der Waals surface area contributed by atoms with E-state index in [-0.39, 0.29) is 6.61 Å². The summed E-state index contributed by atoms with van der Waals surface area (Å²) in [5, 5.41) is 12.5. The van der Waals surface area contributed by atoms with E-state index in [4.69, 9.17) is 4.42 Å². The molecule has 3 heteroatoms. The van der Waals surface area contributed by atoms with Crippen LogP contribution in [0.15, 0.2) is 65.3 Å². The lowest BCUT2D eigenvalue weighted by molar-refractivity contribution is 0.282. The molecule has 102 valence electrons. The molecule has 0 atom stereocenters. The van der Waals surface area contributed by atoms with E-state index in [0.717, 1.165) is 38.6 Å². The van der Waals surface area contributed by atoms with Crippen molar-refractivity contribution in [2.45, 2.75) is 6.61 Å². The van der Waals surface area contributed by atoms with Gasteiger partial charge in [-0.05, 0) is 29.1 Å². The fourth-order valence-corrected chi connectivity index (χ4v) is 2.62. The highest BCUT2D eigenvalue weighted by Gasteiger charge is 2.10. The van der Waals surface area contributed by atoms with Gasteiger partial charge in [-0.1, -0.05) is 30.3 Å². The maximum absolute atomic E-state index is 9.33. The first-order valence-corrected chi connectivity index (χ1v) is 6.81. The van der Waals surface area contributed by atoms with E-state index in [1.165, 1.54) is 0 Å². The maximum atomic E-state index is 9.33. The lowest BCUT2D eigenvalue weighted by atomic mass is 10.0. The molecular formula is C18H13NO2. The van der Waals surface area contributed by atoms with Gasteiger partial charge in [0.05, 0.1) is 6.61 Å². The number of benzene rings is 2. The number of hydrogen-bond donors (Lipinski definition) is 1. The molecule has 0 amide bonds. The first kappa shape index (κ1) is 12.1. The Labute approximate surface area is 121 Å². The zero-order valence-electron chi connectivity index (χ0n) is 11.3. The van der Waals surface area contributed by atoms with Crippen LogP contribution in [-0.2, 0) is 6.61 Å². The van der Waals surface area contributed by atoms with E-state index in [1.54, 1.807) is 6.20 Å². The van der Waals surface area contributed by atoms with Crippen LogP contribution >= 0.6 is 0 Å². The number of pyridine rings is 1. The molecule has 0 radical (unpaired) electrons. The van der Waals surface area contributed by atoms with Crippen LogP contribution in [0.1, 0.15) is 5.56 Å². The van der Waals surface area contributed by atoms with Crippen molar-refractivity contribution in [3.8, 4) is 11.3 Å². The fourth-order valence-electron chi connectivity index (χ4n) is 2.62. The minimum atomic E-state index is 0.0256. The van der Waals surface area contributed by atoms with Crippen LogP contribution in [0.25, 0.3) is 33.1 Å². The quantitative estimate of drug-likeness (QED) is 0.598. The van der Waals surface area contributed by atoms with Crippen molar-refractivity contribution in [2.24, 2.45) is 0 Å². The smallest absolute Gasteiger partial charge is 0.137 e. The van der Waals surface area contributed by atoms with E-state index in [0.29, 0.717) is 0 Å². The molecule has 0 fully saturated rings. The predicted molar refractivity (Wildman–Crippen MR) is 82.9 cm³/mol. The molecule has 0 aliphatic rings. The van der Waals surface area contributed by atoms with Crippen LogP contribution < -0.4 is 0 Å². The average molecular weight is 275 g/mol. The van der Waals surface area contributed by atoms with Crippen LogP contribution in [0.3, 0.4) is 0 Å². The lowest BCUT2D eigenvalue weighted by Gasteiger charge is -2.05. The second-order valence-corrected chi connectivity index (χ2v) is 5.05. The van der Waals surface area contributed by atoms with Crippen LogP contribution in [0.4, 0.5) is 0 Å². The first-order valence-electron chi connectivity index (χ1n) is 6.81. The molecule has 0 saturated heterocycles. The van der Waals surface area contributed by atoms with Gasteiger partial charge in [0, 0.05) is 28.7 Å². The Morgan fingerprint density at radius 2 is 1.86 bits per heavy atom. The fraction of sp³-hybridized carbons (Fsp3) is 0.0556. The number of aliphatic hydroxyl groups is 1. The van der Waals surface area contributed by atoms with E-state index in [1.807, 2.05) is 54.7 Å². The third kappa shape index (κ3) is 1.99. The molecule has 2 heterocycles. The summed E-state index contributed by atoms with van der Waals surface area (Å²) in [7, 11) is 0. The summed E-state index contributed by atoms with van der Waals surface area (Å²) in [5.74, 6) is 0.796. The van der Waals surface area contributed by atoms with Crippen molar-refractivity contribution < 1.29 is 9.52 Å². The molecule has 0 bridgehead atoms. The van der Waals surface area contributed by atoms with Crippen LogP contribution in [0.5, 0.6) is 0 Å². The molecule has 2 aromatic heterocycles. The Bertz CT molecular complexity index is 907. The minimum absolute atomic E-state index is 0.0256. The van der Waals surface area contributed by atoms with Gasteiger partial charge in [0.1, 0.15) is 11.3 Å². The van der Waals surface area contributed by atoms with Gasteiger partial charge in [-0.15, -0.1) is 0 Å². The minimum Gasteiger partial charge on any atom is -0.456 e. The number of furan rings is 1. The number of hydrogen-bond acceptors (Lipinski definition) is 3. The predicted octanol–water partition coefficient (Wildman–Crippen LogP) is 4.14. The van der Waals surface area contributed by atoms with E-state index in [2.05, 4.69) is 4.98 Å². The summed E-state index contributed by atoms with van der Waals surface area (Å²) in [6.45, 7) is 0.0256. The van der Waals surface area contributed by atoms with Crippen molar-refractivity contribution in [1.82, 2.24) is 4.98 Å². The van der Waals surface area contributed by atoms with E-state index >= 15 is 0 Å². The monoisotopic (exact) mass is 275 g/mol. The number of nitrogens with zero attached hydrogens (tertiary/aromatic N) is 1. The van der Waals surface area contributed by atoms with Crippen molar-refractivity contribution in [3.63, 3.8) is 0 Å². The Morgan fingerprint density at radius 3 is 2.71 bits per heavy atom. The zero-order chi connectivity index (χ0) is 14.2. The van der Waals surface area contributed by atoms with Crippen molar-refractivity contribution in [1.29, 1.82) is 0 Å². The largest absolute Gasteiger partial charge is 0.456 e. The summed E-state index contributed by atoms with van der Waals surface area (Å²) < 4.78 is 5.93. The van der Waals surface area contributed by atoms with Gasteiger partial charge < -0.3 is 9.52 Å². The van der Waals surface area contributed by atoms with Crippen LogP contribution in [0.2, 0.25) is 0 Å². The van der Waals surface area contributed by atoms with Gasteiger partial charge in [-0.2, -0.15) is 0 Å². The van der Waals surface area contributed by atoms with Gasteiger partial charge in [0.2, 0.25) is 0 Å². The molecule has 1 N–H and O–H groups in total. The molecule has 0 unspecified atom stereocenters. The van der Waals surface area contributed by atoms with Gasteiger partial charge in [-0.3, -0.25) is 4.98 Å². The third-order valence-electron chi connectivity index (χ3n) is 3.70. The number of rotatable bonds is 2. The molecular weight excluding hydrogens is 262 g/mol. The Kier molecular flexibility index (Phi) is 2.72. The van der Waals surface area contributed by atoms with E-state index < -0.39 is 0 Å². The summed E-state index contributed by atoms with van der Waals surface area (Å²) in [6, 6.07) is 15.8. The van der Waals surface area contributed by atoms with E-state index in [9.17, 15) is 5.11 Å². The van der Waals surface area contributed by atoms with Crippen molar-refractivity contribution >= 4 is 21.7 Å². The molecule has 0 aliphatic heterocycles. The second kappa shape index (κ2) is 4.72. The molecule has 2 aromatic carbocycles. The van der Waals surface area contributed by atoms with Crippen molar-refractivity contribution in [2.75, 3.05) is 0 Å². The van der Waals surface area contributed by atoms with Gasteiger partial charge >= 0.3 is 0 Å². The highest BCUT2D eigenvalue weighted by atomic mass is 16.3. The molecule has 0 spiro atoms. The molecule has 0 aliphatic carbocycles. The molecule has 3 nitrogen and oxygen atoms in total. The highest BCUT2D eigenvalue weighted by Crippen LogP contribution is 2.32. The van der Waals surface area contributed by atoms with Gasteiger partial charge in [0.25, 0.3) is 0 Å². The number of fused-ring (bicyclic) bond motifs is 2. The Morgan fingerprint density at radius 1 is 0.952 bits per heavy atom. The van der Waals surface area contributed by atoms with Crippen LogP contribution in [0, 0.1) is 0 Å². The van der Waals surface area contributed by atoms with Gasteiger partial charge in [-0.25, -0.2) is 0 Å². The lowest BCUT2D eigenvalue weighted by Crippen LogP contribution is -1.86. The first-order chi connectivity index (χ1) is 10.3. The number of aromatic nitrogens is 1. The molecule has 0 saturated carbocycles. The highest BCUT2D eigenvalue weighted by molar-refractivity contribution is 5.97. The Hall–Kier alpha value is -2.65. The molecule has 21 heavy (non-hydrogen) atoms. The zero-order valence-corrected chi connectivity index (χ0v) is 11.3. The summed E-state index contributed by atoms with van der Waals surface area (Å²) in [4.78, 5) is 4.29. The normalized spacial score (nSPS) is 11.3. The summed E-state index contributed by atoms with van der Waals surface area (Å²) in [6.07, 6.45) is 3.63. The standard InChI is InChI=1S/C18H13NO2/c20-11-12-5-6-14-9-19-10-16(15(14)7-12)18-8-13-3-1-2-4-17(13)21-18/h1-10,20H,11H2. The SMILES string of the molecule is OCc1ccc2cncc(-c3cc4ccccc4o3)c2c1. The second-order valence-electron chi connectivity index (χ2n) is 5.05. The van der Waals surface area contributed by atoms with Crippen LogP contribution in [-0.4, -0.2) is 10.1 Å². The summed E-state index contributed by atoms with van der Waals surface area (Å²) in [5.41, 5.74) is 2.69. The Balaban J connectivity index is 2.00. The number of aliphatic hydroxyl groups excluding tert-OH is 1. The summed E-state index contributed by atoms with van der Waals surface area (Å²) >= 11 is 0. The van der Waals surface area contributed by atoms with Gasteiger partial charge in [0.15, 0.2) is 0 Å². The average Bonchev–Trinajstić information content (AvgIpc) is 2.97. The van der Waals surface area contributed by atoms with Crippen molar-refractivity contribution in [3.05, 3.63) is 66.5 Å². The number of para-hydroxylation sites is 1. The maximum Gasteiger partial charge on any atom is 0.137 e. The molecule has 4 aromatic rings.